The second-order valence-electron chi connectivity index (χ2n) is 6.56. The largest absolute Gasteiger partial charge is 0.417 e. The number of aromatic nitrogens is 1. The summed E-state index contributed by atoms with van der Waals surface area (Å²) in [6.45, 7) is 2.67. The molecular weight excluding hydrogens is 393 g/mol. The number of pyridine rings is 1. The molecule has 1 N–H and O–H groups in total. The van der Waals surface area contributed by atoms with Gasteiger partial charge in [-0.2, -0.15) is 13.2 Å². The van der Waals surface area contributed by atoms with E-state index >= 15 is 0 Å². The van der Waals surface area contributed by atoms with Crippen LogP contribution in [0.1, 0.15) is 12.0 Å². The first-order valence-corrected chi connectivity index (χ1v) is 9.25. The third-order valence-electron chi connectivity index (χ3n) is 4.46. The maximum atomic E-state index is 12.8. The summed E-state index contributed by atoms with van der Waals surface area (Å²) in [7, 11) is 0. The van der Waals surface area contributed by atoms with Crippen LogP contribution in [0.25, 0.3) is 0 Å². The van der Waals surface area contributed by atoms with Crippen molar-refractivity contribution in [3.8, 4) is 0 Å². The maximum absolute atomic E-state index is 12.8. The Balaban J connectivity index is 1.58. The highest BCUT2D eigenvalue weighted by molar-refractivity contribution is 6.33. The van der Waals surface area contributed by atoms with Crippen LogP contribution < -0.4 is 10.2 Å². The second kappa shape index (κ2) is 8.79. The minimum absolute atomic E-state index is 0.0231. The molecule has 1 amide bonds. The van der Waals surface area contributed by atoms with Crippen molar-refractivity contribution in [1.29, 1.82) is 0 Å². The molecular formula is C19H20ClF3N4O. The van der Waals surface area contributed by atoms with Crippen LogP contribution in [0.3, 0.4) is 0 Å². The van der Waals surface area contributed by atoms with Gasteiger partial charge in [-0.15, -0.1) is 0 Å². The van der Waals surface area contributed by atoms with Gasteiger partial charge in [-0.3, -0.25) is 9.69 Å². The quantitative estimate of drug-likeness (QED) is 0.827. The highest BCUT2D eigenvalue weighted by Gasteiger charge is 2.32. The first kappa shape index (κ1) is 20.4. The van der Waals surface area contributed by atoms with E-state index in [1.165, 1.54) is 0 Å². The third-order valence-corrected chi connectivity index (χ3v) is 4.74. The van der Waals surface area contributed by atoms with E-state index in [0.717, 1.165) is 24.4 Å². The highest BCUT2D eigenvalue weighted by atomic mass is 35.5. The number of rotatable bonds is 4. The average Bonchev–Trinajstić information content (AvgIpc) is 2.87. The van der Waals surface area contributed by atoms with Crippen molar-refractivity contribution >= 4 is 29.0 Å². The molecule has 0 aliphatic carbocycles. The Kier molecular flexibility index (Phi) is 6.41. The number of carbonyl (C=O) groups is 1. The van der Waals surface area contributed by atoms with E-state index in [9.17, 15) is 18.0 Å². The number of nitrogens with zero attached hydrogens (tertiary/aromatic N) is 3. The van der Waals surface area contributed by atoms with Crippen LogP contribution in [0.4, 0.5) is 24.7 Å². The molecule has 1 aliphatic heterocycles. The van der Waals surface area contributed by atoms with Gasteiger partial charge in [0.05, 0.1) is 17.1 Å². The molecule has 0 atom stereocenters. The fraction of sp³-hybridized carbons (Fsp3) is 0.368. The predicted molar refractivity (Wildman–Crippen MR) is 103 cm³/mol. The lowest BCUT2D eigenvalue weighted by atomic mass is 10.2. The van der Waals surface area contributed by atoms with Crippen molar-refractivity contribution in [1.82, 2.24) is 9.88 Å². The number of amides is 1. The number of benzene rings is 1. The topological polar surface area (TPSA) is 48.5 Å². The van der Waals surface area contributed by atoms with Crippen molar-refractivity contribution in [2.75, 3.05) is 42.9 Å². The molecule has 1 saturated heterocycles. The Morgan fingerprint density at radius 3 is 2.57 bits per heavy atom. The number of halogens is 4. The molecule has 1 aromatic carbocycles. The molecule has 0 radical (unpaired) electrons. The van der Waals surface area contributed by atoms with Crippen LogP contribution in [0.2, 0.25) is 5.02 Å². The number of nitrogens with one attached hydrogen (secondary N) is 1. The van der Waals surface area contributed by atoms with Crippen molar-refractivity contribution in [3.05, 3.63) is 53.2 Å². The van der Waals surface area contributed by atoms with Crippen LogP contribution in [0.5, 0.6) is 0 Å². The minimum atomic E-state index is -4.48. The summed E-state index contributed by atoms with van der Waals surface area (Å²) < 4.78 is 38.3. The van der Waals surface area contributed by atoms with E-state index in [-0.39, 0.29) is 17.5 Å². The summed E-state index contributed by atoms with van der Waals surface area (Å²) in [5.41, 5.74) is -0.125. The van der Waals surface area contributed by atoms with Gasteiger partial charge in [0.15, 0.2) is 0 Å². The first-order chi connectivity index (χ1) is 13.3. The van der Waals surface area contributed by atoms with E-state index in [4.69, 9.17) is 11.6 Å². The third kappa shape index (κ3) is 5.36. The fourth-order valence-corrected chi connectivity index (χ4v) is 3.37. The lowest BCUT2D eigenvalue weighted by Crippen LogP contribution is -2.36. The van der Waals surface area contributed by atoms with Crippen molar-refractivity contribution < 1.29 is 18.0 Å². The summed E-state index contributed by atoms with van der Waals surface area (Å²) in [5.74, 6) is 0.232. The molecule has 9 heteroatoms. The van der Waals surface area contributed by atoms with E-state index in [1.54, 1.807) is 0 Å². The van der Waals surface area contributed by atoms with E-state index in [0.29, 0.717) is 32.0 Å². The molecule has 2 aromatic rings. The molecule has 3 rings (SSSR count). The number of hydrogen-bond donors (Lipinski definition) is 1. The van der Waals surface area contributed by atoms with Crippen molar-refractivity contribution in [2.45, 2.75) is 12.6 Å². The van der Waals surface area contributed by atoms with E-state index in [2.05, 4.69) is 10.3 Å². The summed E-state index contributed by atoms with van der Waals surface area (Å²) in [6, 6.07) is 10.1. The maximum Gasteiger partial charge on any atom is 0.417 e. The Hall–Kier alpha value is -2.32. The molecule has 0 bridgehead atoms. The highest BCUT2D eigenvalue weighted by Crippen LogP contribution is 2.33. The van der Waals surface area contributed by atoms with Gasteiger partial charge in [-0.05, 0) is 24.6 Å². The molecule has 1 aromatic heterocycles. The Bertz CT molecular complexity index is 817. The lowest BCUT2D eigenvalue weighted by Gasteiger charge is -2.23. The number of anilines is 2. The van der Waals surface area contributed by atoms with Gasteiger partial charge in [0.25, 0.3) is 0 Å². The average molecular weight is 413 g/mol. The van der Waals surface area contributed by atoms with Crippen molar-refractivity contribution in [3.63, 3.8) is 0 Å². The smallest absolute Gasteiger partial charge is 0.354 e. The summed E-state index contributed by atoms with van der Waals surface area (Å²) in [4.78, 5) is 20.0. The summed E-state index contributed by atoms with van der Waals surface area (Å²) >= 11 is 6.05. The molecule has 0 spiro atoms. The predicted octanol–water partition coefficient (Wildman–Crippen LogP) is 3.90. The molecule has 2 heterocycles. The van der Waals surface area contributed by atoms with E-state index < -0.39 is 11.7 Å². The normalized spacial score (nSPS) is 15.9. The summed E-state index contributed by atoms with van der Waals surface area (Å²) in [5, 5.41) is 2.82. The Morgan fingerprint density at radius 2 is 1.89 bits per heavy atom. The van der Waals surface area contributed by atoms with E-state index in [1.807, 2.05) is 40.1 Å². The van der Waals surface area contributed by atoms with Crippen molar-refractivity contribution in [2.24, 2.45) is 0 Å². The van der Waals surface area contributed by atoms with Gasteiger partial charge < -0.3 is 10.2 Å². The Morgan fingerprint density at radius 1 is 1.14 bits per heavy atom. The SMILES string of the molecule is O=C(CN1CCCN(c2ncc(C(F)(F)F)cc2Cl)CC1)Nc1ccccc1. The lowest BCUT2D eigenvalue weighted by molar-refractivity contribution is -0.137. The molecule has 1 aliphatic rings. The van der Waals surface area contributed by atoms with Crippen LogP contribution in [-0.2, 0) is 11.0 Å². The van der Waals surface area contributed by atoms with Crippen LogP contribution >= 0.6 is 11.6 Å². The van der Waals surface area contributed by atoms with Crippen LogP contribution in [0, 0.1) is 0 Å². The molecule has 0 unspecified atom stereocenters. The van der Waals surface area contributed by atoms with Gasteiger partial charge in [-0.25, -0.2) is 4.98 Å². The number of carbonyl (C=O) groups excluding carboxylic acids is 1. The number of alkyl halides is 3. The minimum Gasteiger partial charge on any atom is -0.354 e. The standard InChI is InChI=1S/C19H20ClF3N4O/c20-16-11-14(19(21,22)23)12-24-18(16)27-8-4-7-26(9-10-27)13-17(28)25-15-5-2-1-3-6-15/h1-3,5-6,11-12H,4,7-10,13H2,(H,25,28). The molecule has 150 valence electrons. The second-order valence-corrected chi connectivity index (χ2v) is 6.97. The number of hydrogen-bond acceptors (Lipinski definition) is 4. The van der Waals surface area contributed by atoms with Crippen LogP contribution in [-0.4, -0.2) is 48.5 Å². The van der Waals surface area contributed by atoms with Gasteiger partial charge >= 0.3 is 6.18 Å². The zero-order valence-electron chi connectivity index (χ0n) is 15.0. The van der Waals surface area contributed by atoms with Gasteiger partial charge in [-0.1, -0.05) is 29.8 Å². The zero-order valence-corrected chi connectivity index (χ0v) is 15.8. The Labute approximate surface area is 166 Å². The molecule has 0 saturated carbocycles. The monoisotopic (exact) mass is 412 g/mol. The number of para-hydroxylation sites is 1. The van der Waals surface area contributed by atoms with Gasteiger partial charge in [0.1, 0.15) is 5.82 Å². The molecule has 5 nitrogen and oxygen atoms in total. The fourth-order valence-electron chi connectivity index (χ4n) is 3.08. The van der Waals surface area contributed by atoms with Gasteiger partial charge in [0, 0.05) is 38.1 Å². The molecule has 28 heavy (non-hydrogen) atoms. The first-order valence-electron chi connectivity index (χ1n) is 8.88. The van der Waals surface area contributed by atoms with Gasteiger partial charge in [0.2, 0.25) is 5.91 Å². The van der Waals surface area contributed by atoms with Crippen LogP contribution in [0.15, 0.2) is 42.6 Å². The summed E-state index contributed by atoms with van der Waals surface area (Å²) in [6.07, 6.45) is -2.92. The molecule has 1 fully saturated rings. The zero-order chi connectivity index (χ0) is 20.1.